The maximum atomic E-state index is 12.2. The van der Waals surface area contributed by atoms with Crippen molar-refractivity contribution in [1.29, 1.82) is 0 Å². The fourth-order valence-electron chi connectivity index (χ4n) is 2.86. The van der Waals surface area contributed by atoms with Gasteiger partial charge >= 0.3 is 0 Å². The smallest absolute Gasteiger partial charge is 0.225 e. The number of amides is 1. The molecule has 0 aromatic rings. The van der Waals surface area contributed by atoms with Gasteiger partial charge in [-0.2, -0.15) is 0 Å². The van der Waals surface area contributed by atoms with Crippen molar-refractivity contribution in [2.75, 3.05) is 26.3 Å². The summed E-state index contributed by atoms with van der Waals surface area (Å²) < 4.78 is 5.28. The molecule has 3 heteroatoms. The standard InChI is InChI=1S/C13H23NO2/c1-2-11-3-5-12(6-4-11)13(15)14-7-9-16-10-8-14/h11-12H,2-10H2,1H3. The molecule has 2 fully saturated rings. The number of carbonyl (C=O) groups is 1. The summed E-state index contributed by atoms with van der Waals surface area (Å²) in [6.07, 6.45) is 5.98. The van der Waals surface area contributed by atoms with Crippen LogP contribution in [0.25, 0.3) is 0 Å². The number of carbonyl (C=O) groups excluding carboxylic acids is 1. The average molecular weight is 225 g/mol. The summed E-state index contributed by atoms with van der Waals surface area (Å²) >= 11 is 0. The number of rotatable bonds is 2. The Balaban J connectivity index is 1.81. The molecule has 0 bridgehead atoms. The quantitative estimate of drug-likeness (QED) is 0.720. The third kappa shape index (κ3) is 2.76. The normalized spacial score (nSPS) is 31.4. The lowest BCUT2D eigenvalue weighted by Crippen LogP contribution is -2.44. The first-order valence-corrected chi connectivity index (χ1v) is 6.67. The Morgan fingerprint density at radius 2 is 1.81 bits per heavy atom. The van der Waals surface area contributed by atoms with Crippen LogP contribution in [0.5, 0.6) is 0 Å². The molecule has 0 radical (unpaired) electrons. The number of hydrogen-bond donors (Lipinski definition) is 0. The second-order valence-electron chi connectivity index (χ2n) is 5.06. The van der Waals surface area contributed by atoms with Crippen LogP contribution in [0.4, 0.5) is 0 Å². The highest BCUT2D eigenvalue weighted by atomic mass is 16.5. The second kappa shape index (κ2) is 5.67. The third-order valence-corrected chi connectivity index (χ3v) is 4.10. The molecule has 0 atom stereocenters. The highest BCUT2D eigenvalue weighted by molar-refractivity contribution is 5.79. The number of nitrogens with zero attached hydrogens (tertiary/aromatic N) is 1. The second-order valence-corrected chi connectivity index (χ2v) is 5.06. The molecule has 1 aliphatic heterocycles. The van der Waals surface area contributed by atoms with Crippen molar-refractivity contribution >= 4 is 5.91 Å². The Morgan fingerprint density at radius 1 is 1.19 bits per heavy atom. The zero-order chi connectivity index (χ0) is 11.4. The summed E-state index contributed by atoms with van der Waals surface area (Å²) in [6, 6.07) is 0. The molecule has 1 heterocycles. The van der Waals surface area contributed by atoms with Crippen LogP contribution in [0.2, 0.25) is 0 Å². The minimum absolute atomic E-state index is 0.306. The maximum absolute atomic E-state index is 12.2. The van der Waals surface area contributed by atoms with Crippen LogP contribution in [0.1, 0.15) is 39.0 Å². The highest BCUT2D eigenvalue weighted by Gasteiger charge is 2.29. The predicted octanol–water partition coefficient (Wildman–Crippen LogP) is 2.06. The van der Waals surface area contributed by atoms with Crippen molar-refractivity contribution in [3.8, 4) is 0 Å². The summed E-state index contributed by atoms with van der Waals surface area (Å²) in [5, 5.41) is 0. The molecule has 1 aliphatic carbocycles. The van der Waals surface area contributed by atoms with Gasteiger partial charge in [-0.25, -0.2) is 0 Å². The summed E-state index contributed by atoms with van der Waals surface area (Å²) in [5.41, 5.74) is 0. The molecule has 0 spiro atoms. The van der Waals surface area contributed by atoms with Crippen LogP contribution in [-0.4, -0.2) is 37.1 Å². The van der Waals surface area contributed by atoms with E-state index in [1.54, 1.807) is 0 Å². The van der Waals surface area contributed by atoms with Gasteiger partial charge in [0.2, 0.25) is 5.91 Å². The monoisotopic (exact) mass is 225 g/mol. The van der Waals surface area contributed by atoms with Crippen molar-refractivity contribution < 1.29 is 9.53 Å². The van der Waals surface area contributed by atoms with Crippen LogP contribution in [0.3, 0.4) is 0 Å². The summed E-state index contributed by atoms with van der Waals surface area (Å²) in [5.74, 6) is 1.56. The topological polar surface area (TPSA) is 29.5 Å². The van der Waals surface area contributed by atoms with E-state index >= 15 is 0 Å². The minimum Gasteiger partial charge on any atom is -0.378 e. The minimum atomic E-state index is 0.306. The molecular formula is C13H23NO2. The first-order valence-electron chi connectivity index (χ1n) is 6.67. The van der Waals surface area contributed by atoms with Gasteiger partial charge in [0.15, 0.2) is 0 Å². The molecule has 92 valence electrons. The van der Waals surface area contributed by atoms with Gasteiger partial charge in [-0.05, 0) is 31.6 Å². The molecule has 1 saturated carbocycles. The van der Waals surface area contributed by atoms with Crippen LogP contribution in [0.15, 0.2) is 0 Å². The maximum Gasteiger partial charge on any atom is 0.225 e. The molecule has 1 saturated heterocycles. The van der Waals surface area contributed by atoms with E-state index < -0.39 is 0 Å². The van der Waals surface area contributed by atoms with Crippen LogP contribution in [-0.2, 0) is 9.53 Å². The van der Waals surface area contributed by atoms with Crippen molar-refractivity contribution in [3.63, 3.8) is 0 Å². The van der Waals surface area contributed by atoms with Crippen molar-refractivity contribution in [2.45, 2.75) is 39.0 Å². The SMILES string of the molecule is CCC1CCC(C(=O)N2CCOCC2)CC1. The van der Waals surface area contributed by atoms with Crippen molar-refractivity contribution in [1.82, 2.24) is 4.90 Å². The molecule has 0 aromatic heterocycles. The molecule has 2 rings (SSSR count). The Bertz CT molecular complexity index is 228. The van der Waals surface area contributed by atoms with Crippen LogP contribution in [0, 0.1) is 11.8 Å². The van der Waals surface area contributed by atoms with E-state index in [0.717, 1.165) is 45.1 Å². The van der Waals surface area contributed by atoms with E-state index in [-0.39, 0.29) is 0 Å². The molecular weight excluding hydrogens is 202 g/mol. The first kappa shape index (κ1) is 11.9. The van der Waals surface area contributed by atoms with Gasteiger partial charge in [-0.1, -0.05) is 13.3 Å². The molecule has 2 aliphatic rings. The van der Waals surface area contributed by atoms with Gasteiger partial charge in [0.1, 0.15) is 0 Å². The van der Waals surface area contributed by atoms with Gasteiger partial charge < -0.3 is 9.64 Å². The molecule has 16 heavy (non-hydrogen) atoms. The van der Waals surface area contributed by atoms with Gasteiger partial charge in [0, 0.05) is 19.0 Å². The van der Waals surface area contributed by atoms with E-state index in [0.29, 0.717) is 11.8 Å². The zero-order valence-corrected chi connectivity index (χ0v) is 10.3. The molecule has 1 amide bonds. The highest BCUT2D eigenvalue weighted by Crippen LogP contribution is 2.31. The van der Waals surface area contributed by atoms with Crippen molar-refractivity contribution in [3.05, 3.63) is 0 Å². The number of hydrogen-bond acceptors (Lipinski definition) is 2. The molecule has 3 nitrogen and oxygen atoms in total. The van der Waals surface area contributed by atoms with Gasteiger partial charge in [-0.15, -0.1) is 0 Å². The zero-order valence-electron chi connectivity index (χ0n) is 10.3. The predicted molar refractivity (Wildman–Crippen MR) is 63.1 cm³/mol. The first-order chi connectivity index (χ1) is 7.81. The number of morpholine rings is 1. The lowest BCUT2D eigenvalue weighted by molar-refractivity contribution is -0.141. The molecule has 0 unspecified atom stereocenters. The van der Waals surface area contributed by atoms with Gasteiger partial charge in [-0.3, -0.25) is 4.79 Å². The van der Waals surface area contributed by atoms with E-state index in [1.165, 1.54) is 19.3 Å². The Labute approximate surface area is 98.1 Å². The summed E-state index contributed by atoms with van der Waals surface area (Å²) in [7, 11) is 0. The van der Waals surface area contributed by atoms with E-state index in [1.807, 2.05) is 4.90 Å². The van der Waals surface area contributed by atoms with E-state index in [2.05, 4.69) is 6.92 Å². The Kier molecular flexibility index (Phi) is 4.22. The van der Waals surface area contributed by atoms with Gasteiger partial charge in [0.25, 0.3) is 0 Å². The Morgan fingerprint density at radius 3 is 2.38 bits per heavy atom. The van der Waals surface area contributed by atoms with Crippen LogP contribution >= 0.6 is 0 Å². The summed E-state index contributed by atoms with van der Waals surface area (Å²) in [4.78, 5) is 14.2. The van der Waals surface area contributed by atoms with E-state index in [4.69, 9.17) is 4.74 Å². The fraction of sp³-hybridized carbons (Fsp3) is 0.923. The molecule has 0 aromatic carbocycles. The Hall–Kier alpha value is -0.570. The molecule has 0 N–H and O–H groups in total. The average Bonchev–Trinajstić information content (AvgIpc) is 2.39. The van der Waals surface area contributed by atoms with E-state index in [9.17, 15) is 4.79 Å². The lowest BCUT2D eigenvalue weighted by Gasteiger charge is -2.33. The van der Waals surface area contributed by atoms with Gasteiger partial charge in [0.05, 0.1) is 13.2 Å². The third-order valence-electron chi connectivity index (χ3n) is 4.10. The lowest BCUT2D eigenvalue weighted by atomic mass is 9.80. The summed E-state index contributed by atoms with van der Waals surface area (Å²) in [6.45, 7) is 5.29. The van der Waals surface area contributed by atoms with Crippen molar-refractivity contribution in [2.24, 2.45) is 11.8 Å². The largest absolute Gasteiger partial charge is 0.378 e. The van der Waals surface area contributed by atoms with Crippen LogP contribution < -0.4 is 0 Å². The fourth-order valence-corrected chi connectivity index (χ4v) is 2.86. The number of ether oxygens (including phenoxy) is 1.